The monoisotopic (exact) mass is 191 g/mol. The van der Waals surface area contributed by atoms with E-state index in [1.165, 1.54) is 6.21 Å². The first kappa shape index (κ1) is 10.3. The van der Waals surface area contributed by atoms with Gasteiger partial charge in [0.05, 0.1) is 12.5 Å². The Morgan fingerprint density at radius 1 is 1.36 bits per heavy atom. The minimum absolute atomic E-state index is 0.673. The van der Waals surface area contributed by atoms with Gasteiger partial charge in [-0.2, -0.15) is 0 Å². The van der Waals surface area contributed by atoms with Crippen LogP contribution in [0, 0.1) is 0 Å². The predicted octanol–water partition coefficient (Wildman–Crippen LogP) is 2.80. The SMILES string of the molecule is CC(C)=COc1ccccc1C=NO. The number of rotatable bonds is 3. The Morgan fingerprint density at radius 2 is 2.07 bits per heavy atom. The fraction of sp³-hybridized carbons (Fsp3) is 0.182. The lowest BCUT2D eigenvalue weighted by molar-refractivity contribution is 0.321. The minimum Gasteiger partial charge on any atom is -0.464 e. The van der Waals surface area contributed by atoms with Crippen LogP contribution in [0.1, 0.15) is 19.4 Å². The average Bonchev–Trinajstić information content (AvgIpc) is 2.17. The van der Waals surface area contributed by atoms with Crippen molar-refractivity contribution in [3.63, 3.8) is 0 Å². The van der Waals surface area contributed by atoms with Gasteiger partial charge in [-0.05, 0) is 31.6 Å². The van der Waals surface area contributed by atoms with Crippen molar-refractivity contribution in [3.05, 3.63) is 41.7 Å². The zero-order valence-corrected chi connectivity index (χ0v) is 8.27. The van der Waals surface area contributed by atoms with Crippen LogP contribution < -0.4 is 4.74 Å². The highest BCUT2D eigenvalue weighted by Crippen LogP contribution is 2.16. The van der Waals surface area contributed by atoms with E-state index in [1.807, 2.05) is 38.1 Å². The number of hydrogen-bond donors (Lipinski definition) is 1. The molecule has 0 saturated heterocycles. The van der Waals surface area contributed by atoms with E-state index in [0.29, 0.717) is 5.75 Å². The molecule has 0 bridgehead atoms. The van der Waals surface area contributed by atoms with Crippen LogP contribution in [0.15, 0.2) is 41.3 Å². The van der Waals surface area contributed by atoms with Crippen molar-refractivity contribution in [2.24, 2.45) is 5.16 Å². The van der Waals surface area contributed by atoms with Crippen LogP contribution in [0.2, 0.25) is 0 Å². The lowest BCUT2D eigenvalue weighted by Crippen LogP contribution is -1.90. The summed E-state index contributed by atoms with van der Waals surface area (Å²) in [5, 5.41) is 11.4. The van der Waals surface area contributed by atoms with Crippen LogP contribution in [0.5, 0.6) is 5.75 Å². The summed E-state index contributed by atoms with van der Waals surface area (Å²) in [6.07, 6.45) is 3.00. The van der Waals surface area contributed by atoms with Gasteiger partial charge in [0, 0.05) is 5.56 Å². The molecular weight excluding hydrogens is 178 g/mol. The summed E-state index contributed by atoms with van der Waals surface area (Å²) < 4.78 is 5.39. The van der Waals surface area contributed by atoms with Gasteiger partial charge in [-0.1, -0.05) is 17.3 Å². The average molecular weight is 191 g/mol. The van der Waals surface area contributed by atoms with Crippen molar-refractivity contribution in [2.75, 3.05) is 0 Å². The largest absolute Gasteiger partial charge is 0.464 e. The molecule has 0 aliphatic rings. The van der Waals surface area contributed by atoms with E-state index in [9.17, 15) is 0 Å². The number of allylic oxidation sites excluding steroid dienone is 1. The summed E-state index contributed by atoms with van der Waals surface area (Å²) in [5.41, 5.74) is 1.81. The third kappa shape index (κ3) is 2.94. The molecule has 3 nitrogen and oxygen atoms in total. The molecule has 1 N–H and O–H groups in total. The van der Waals surface area contributed by atoms with Gasteiger partial charge in [-0.15, -0.1) is 0 Å². The third-order valence-corrected chi connectivity index (χ3v) is 1.54. The molecule has 0 radical (unpaired) electrons. The van der Waals surface area contributed by atoms with Crippen LogP contribution in [-0.4, -0.2) is 11.4 Å². The second-order valence-corrected chi connectivity index (χ2v) is 3.10. The number of benzene rings is 1. The first-order valence-corrected chi connectivity index (χ1v) is 4.30. The number of oxime groups is 1. The molecule has 1 aromatic rings. The van der Waals surface area contributed by atoms with Crippen molar-refractivity contribution >= 4 is 6.21 Å². The molecule has 74 valence electrons. The lowest BCUT2D eigenvalue weighted by Gasteiger charge is -2.03. The van der Waals surface area contributed by atoms with E-state index < -0.39 is 0 Å². The normalized spacial score (nSPS) is 10.1. The molecule has 1 rings (SSSR count). The summed E-state index contributed by atoms with van der Waals surface area (Å²) >= 11 is 0. The van der Waals surface area contributed by atoms with E-state index in [1.54, 1.807) is 6.26 Å². The number of nitrogens with zero attached hydrogens (tertiary/aromatic N) is 1. The van der Waals surface area contributed by atoms with Crippen molar-refractivity contribution in [2.45, 2.75) is 13.8 Å². The zero-order valence-electron chi connectivity index (χ0n) is 8.27. The molecule has 0 aromatic heterocycles. The molecule has 3 heteroatoms. The van der Waals surface area contributed by atoms with Gasteiger partial charge in [-0.3, -0.25) is 0 Å². The maximum absolute atomic E-state index is 8.42. The number of hydrogen-bond acceptors (Lipinski definition) is 3. The van der Waals surface area contributed by atoms with E-state index >= 15 is 0 Å². The second-order valence-electron chi connectivity index (χ2n) is 3.10. The van der Waals surface area contributed by atoms with Gasteiger partial charge < -0.3 is 9.94 Å². The molecule has 0 spiro atoms. The summed E-state index contributed by atoms with van der Waals surface area (Å²) in [4.78, 5) is 0. The van der Waals surface area contributed by atoms with Gasteiger partial charge in [0.25, 0.3) is 0 Å². The molecule has 0 fully saturated rings. The molecule has 0 heterocycles. The Kier molecular flexibility index (Phi) is 3.73. The Morgan fingerprint density at radius 3 is 2.71 bits per heavy atom. The van der Waals surface area contributed by atoms with Crippen molar-refractivity contribution < 1.29 is 9.94 Å². The Labute approximate surface area is 83.3 Å². The molecule has 0 unspecified atom stereocenters. The molecule has 0 aliphatic carbocycles. The maximum atomic E-state index is 8.42. The lowest BCUT2D eigenvalue weighted by atomic mass is 10.2. The first-order chi connectivity index (χ1) is 6.74. The van der Waals surface area contributed by atoms with Crippen LogP contribution in [-0.2, 0) is 0 Å². The highest BCUT2D eigenvalue weighted by atomic mass is 16.5. The quantitative estimate of drug-likeness (QED) is 0.345. The van der Waals surface area contributed by atoms with Gasteiger partial charge in [0.2, 0.25) is 0 Å². The molecule has 14 heavy (non-hydrogen) atoms. The summed E-state index contributed by atoms with van der Waals surface area (Å²) in [5.74, 6) is 0.673. The Balaban J connectivity index is 2.90. The van der Waals surface area contributed by atoms with E-state index in [2.05, 4.69) is 5.16 Å². The van der Waals surface area contributed by atoms with Crippen LogP contribution >= 0.6 is 0 Å². The van der Waals surface area contributed by atoms with E-state index in [4.69, 9.17) is 9.94 Å². The topological polar surface area (TPSA) is 41.8 Å². The summed E-state index contributed by atoms with van der Waals surface area (Å²) in [7, 11) is 0. The standard InChI is InChI=1S/C11H13NO2/c1-9(2)8-14-11-6-4-3-5-10(11)7-12-13/h3-8,13H,1-2H3. The predicted molar refractivity (Wildman–Crippen MR) is 55.9 cm³/mol. The highest BCUT2D eigenvalue weighted by molar-refractivity contribution is 5.82. The van der Waals surface area contributed by atoms with Crippen molar-refractivity contribution in [1.82, 2.24) is 0 Å². The fourth-order valence-electron chi connectivity index (χ4n) is 0.938. The minimum atomic E-state index is 0.673. The van der Waals surface area contributed by atoms with Crippen molar-refractivity contribution in [3.8, 4) is 5.75 Å². The maximum Gasteiger partial charge on any atom is 0.135 e. The molecule has 0 aliphatic heterocycles. The third-order valence-electron chi connectivity index (χ3n) is 1.54. The van der Waals surface area contributed by atoms with Crippen LogP contribution in [0.3, 0.4) is 0 Å². The zero-order chi connectivity index (χ0) is 10.4. The first-order valence-electron chi connectivity index (χ1n) is 4.30. The molecular formula is C11H13NO2. The van der Waals surface area contributed by atoms with Gasteiger partial charge in [0.15, 0.2) is 0 Å². The van der Waals surface area contributed by atoms with Crippen LogP contribution in [0.4, 0.5) is 0 Å². The highest BCUT2D eigenvalue weighted by Gasteiger charge is 1.98. The van der Waals surface area contributed by atoms with Gasteiger partial charge >= 0.3 is 0 Å². The Bertz CT molecular complexity index is 352. The van der Waals surface area contributed by atoms with Gasteiger partial charge in [-0.25, -0.2) is 0 Å². The smallest absolute Gasteiger partial charge is 0.135 e. The molecule has 1 aromatic carbocycles. The van der Waals surface area contributed by atoms with E-state index in [0.717, 1.165) is 11.1 Å². The van der Waals surface area contributed by atoms with Gasteiger partial charge in [0.1, 0.15) is 5.75 Å². The van der Waals surface area contributed by atoms with E-state index in [-0.39, 0.29) is 0 Å². The number of para-hydroxylation sites is 1. The fourth-order valence-corrected chi connectivity index (χ4v) is 0.938. The molecule has 0 saturated carbocycles. The summed E-state index contributed by atoms with van der Waals surface area (Å²) in [6, 6.07) is 7.35. The number of ether oxygens (including phenoxy) is 1. The second kappa shape index (κ2) is 5.07. The van der Waals surface area contributed by atoms with Crippen molar-refractivity contribution in [1.29, 1.82) is 0 Å². The molecule has 0 atom stereocenters. The molecule has 0 amide bonds. The Hall–Kier alpha value is -1.77. The van der Waals surface area contributed by atoms with Crippen LogP contribution in [0.25, 0.3) is 0 Å². The summed E-state index contributed by atoms with van der Waals surface area (Å²) in [6.45, 7) is 3.89.